The molecule has 1 aliphatic heterocycles. The molecule has 1 fully saturated rings. The summed E-state index contributed by atoms with van der Waals surface area (Å²) >= 11 is 0. The number of likely N-dealkylation sites (N-methyl/N-ethyl adjacent to an activating group) is 1. The lowest BCUT2D eigenvalue weighted by atomic mass is 9.95. The molecule has 31 heavy (non-hydrogen) atoms. The van der Waals surface area contributed by atoms with E-state index in [1.807, 2.05) is 12.1 Å². The fourth-order valence-electron chi connectivity index (χ4n) is 3.99. The maximum absolute atomic E-state index is 12.8. The summed E-state index contributed by atoms with van der Waals surface area (Å²) in [6, 6.07) is 3.69. The lowest BCUT2D eigenvalue weighted by Gasteiger charge is -2.33. The number of fused-ring (bicyclic) bond motifs is 2. The van der Waals surface area contributed by atoms with E-state index in [-0.39, 0.29) is 28.6 Å². The van der Waals surface area contributed by atoms with Gasteiger partial charge in [-0.1, -0.05) is 0 Å². The third-order valence-electron chi connectivity index (χ3n) is 5.83. The van der Waals surface area contributed by atoms with Gasteiger partial charge in [-0.3, -0.25) is 9.59 Å². The van der Waals surface area contributed by atoms with E-state index < -0.39 is 23.9 Å². The van der Waals surface area contributed by atoms with Crippen LogP contribution in [0.3, 0.4) is 0 Å². The second-order valence-corrected chi connectivity index (χ2v) is 7.74. The zero-order valence-corrected chi connectivity index (χ0v) is 17.1. The Morgan fingerprint density at radius 1 is 1.03 bits per heavy atom. The number of hydrogen-bond acceptors (Lipinski definition) is 9. The second-order valence-electron chi connectivity index (χ2n) is 7.74. The highest BCUT2D eigenvalue weighted by Crippen LogP contribution is 2.33. The monoisotopic (exact) mass is 423 g/mol. The van der Waals surface area contributed by atoms with Gasteiger partial charge in [0.2, 0.25) is 5.78 Å². The van der Waals surface area contributed by atoms with Crippen molar-refractivity contribution in [3.8, 4) is 0 Å². The Morgan fingerprint density at radius 2 is 1.77 bits per heavy atom. The summed E-state index contributed by atoms with van der Waals surface area (Å²) in [6.45, 7) is 3.13. The fourth-order valence-corrected chi connectivity index (χ4v) is 3.99. The van der Waals surface area contributed by atoms with E-state index in [1.54, 1.807) is 0 Å². The van der Waals surface area contributed by atoms with Crippen LogP contribution in [0.25, 0.3) is 22.5 Å². The van der Waals surface area contributed by atoms with E-state index >= 15 is 0 Å². The molecule has 0 bridgehead atoms. The summed E-state index contributed by atoms with van der Waals surface area (Å²) in [5, 5.41) is 20.2. The number of nitrogens with one attached hydrogen (secondary N) is 1. The molecule has 11 heteroatoms. The van der Waals surface area contributed by atoms with Gasteiger partial charge in [-0.2, -0.15) is 0 Å². The number of piperazine rings is 1. The van der Waals surface area contributed by atoms with E-state index in [2.05, 4.69) is 36.8 Å². The minimum atomic E-state index is -0.893. The summed E-state index contributed by atoms with van der Waals surface area (Å²) in [5.41, 5.74) is 0.616. The van der Waals surface area contributed by atoms with E-state index in [9.17, 15) is 19.8 Å². The number of pyridine rings is 1. The number of Topliss-reactive ketones (excluding diaryl/α,β-unsaturated/α-hetero) is 2. The van der Waals surface area contributed by atoms with Crippen LogP contribution in [0, 0.1) is 0 Å². The Balaban J connectivity index is 1.58. The Bertz CT molecular complexity index is 1260. The number of H-pyrrole nitrogens is 1. The van der Waals surface area contributed by atoms with Crippen LogP contribution in [-0.4, -0.2) is 84.4 Å². The molecule has 3 aromatic heterocycles. The molecular weight excluding hydrogens is 402 g/mol. The van der Waals surface area contributed by atoms with Crippen LogP contribution in [0.5, 0.6) is 0 Å². The van der Waals surface area contributed by atoms with Crippen molar-refractivity contribution in [3.63, 3.8) is 0 Å². The number of aliphatic hydroxyl groups excluding tert-OH is 2. The summed E-state index contributed by atoms with van der Waals surface area (Å²) in [5.74, 6) is -1.16. The van der Waals surface area contributed by atoms with E-state index in [0.29, 0.717) is 11.2 Å². The predicted octanol–water partition coefficient (Wildman–Crippen LogP) is 0.127. The van der Waals surface area contributed by atoms with Crippen LogP contribution < -0.4 is 4.90 Å². The van der Waals surface area contributed by atoms with Gasteiger partial charge in [0.15, 0.2) is 11.4 Å². The van der Waals surface area contributed by atoms with Crippen molar-refractivity contribution in [2.24, 2.45) is 7.05 Å². The number of anilines is 1. The molecule has 3 N–H and O–H groups in total. The molecule has 0 saturated carbocycles. The summed E-state index contributed by atoms with van der Waals surface area (Å²) in [4.78, 5) is 46.0. The van der Waals surface area contributed by atoms with Gasteiger partial charge in [-0.25, -0.2) is 15.0 Å². The van der Waals surface area contributed by atoms with Gasteiger partial charge >= 0.3 is 0 Å². The van der Waals surface area contributed by atoms with Gasteiger partial charge in [0.1, 0.15) is 41.0 Å². The number of hydrogen-bond donors (Lipinski definition) is 3. The minimum absolute atomic E-state index is 0.0438. The Hall–Kier alpha value is -3.57. The van der Waals surface area contributed by atoms with Gasteiger partial charge in [-0.05, 0) is 19.2 Å². The van der Waals surface area contributed by atoms with Crippen LogP contribution >= 0.6 is 0 Å². The first-order chi connectivity index (χ1) is 14.9. The number of aliphatic hydroxyl groups is 2. The van der Waals surface area contributed by atoms with Crippen LogP contribution in [0.4, 0.5) is 5.82 Å². The molecule has 0 unspecified atom stereocenters. The van der Waals surface area contributed by atoms with Gasteiger partial charge < -0.3 is 29.6 Å². The maximum Gasteiger partial charge on any atom is 0.252 e. The first-order valence-electron chi connectivity index (χ1n) is 9.88. The highest BCUT2D eigenvalue weighted by molar-refractivity contribution is 6.61. The number of carbonyl (C=O) groups excluding carboxylic acids is 2. The van der Waals surface area contributed by atoms with Crippen LogP contribution in [-0.2, 0) is 18.4 Å². The molecule has 5 rings (SSSR count). The third-order valence-corrected chi connectivity index (χ3v) is 5.83. The highest BCUT2D eigenvalue weighted by atomic mass is 16.3. The zero-order valence-electron chi connectivity index (χ0n) is 17.1. The topological polar surface area (TPSA) is 140 Å². The van der Waals surface area contributed by atoms with Crippen LogP contribution in [0.2, 0.25) is 0 Å². The normalized spacial score (nSPS) is 17.7. The number of carbonyl (C=O) groups is 2. The number of aromatic amines is 1. The lowest BCUT2D eigenvalue weighted by molar-refractivity contribution is -0.110. The molecule has 0 spiro atoms. The number of aromatic nitrogens is 5. The van der Waals surface area contributed by atoms with Crippen molar-refractivity contribution in [1.82, 2.24) is 29.4 Å². The summed E-state index contributed by atoms with van der Waals surface area (Å²) < 4.78 is 1.31. The highest BCUT2D eigenvalue weighted by Gasteiger charge is 2.39. The van der Waals surface area contributed by atoms with E-state index in [1.165, 1.54) is 11.6 Å². The minimum Gasteiger partial charge on any atom is -0.505 e. The molecule has 1 aliphatic carbocycles. The number of allylic oxidation sites excluding steroid dienone is 1. The summed E-state index contributed by atoms with van der Waals surface area (Å²) in [6.07, 6.45) is 0. The van der Waals surface area contributed by atoms with E-state index in [0.717, 1.165) is 32.0 Å². The smallest absolute Gasteiger partial charge is 0.252 e. The van der Waals surface area contributed by atoms with Crippen LogP contribution in [0.15, 0.2) is 12.1 Å². The molecule has 11 nitrogen and oxygen atoms in total. The van der Waals surface area contributed by atoms with Crippen LogP contribution in [0.1, 0.15) is 27.8 Å². The molecule has 0 radical (unpaired) electrons. The largest absolute Gasteiger partial charge is 0.505 e. The molecule has 1 saturated heterocycles. The summed E-state index contributed by atoms with van der Waals surface area (Å²) in [7, 11) is 3.58. The average molecular weight is 423 g/mol. The third kappa shape index (κ3) is 2.93. The van der Waals surface area contributed by atoms with Crippen molar-refractivity contribution in [3.05, 3.63) is 35.2 Å². The molecule has 0 aromatic carbocycles. The van der Waals surface area contributed by atoms with Gasteiger partial charge in [-0.15, -0.1) is 0 Å². The maximum atomic E-state index is 12.8. The molecule has 3 aromatic rings. The molecule has 2 aliphatic rings. The van der Waals surface area contributed by atoms with Crippen molar-refractivity contribution in [2.75, 3.05) is 38.1 Å². The quantitative estimate of drug-likeness (QED) is 0.501. The number of nitrogens with zero attached hydrogens (tertiary/aromatic N) is 6. The lowest BCUT2D eigenvalue weighted by Crippen LogP contribution is -2.44. The Labute approximate surface area is 176 Å². The first-order valence-corrected chi connectivity index (χ1v) is 9.88. The number of rotatable bonds is 3. The number of imidazole rings is 2. The molecule has 160 valence electrons. The van der Waals surface area contributed by atoms with Crippen molar-refractivity contribution >= 4 is 39.9 Å². The van der Waals surface area contributed by atoms with E-state index in [4.69, 9.17) is 0 Å². The Kier molecular flexibility index (Phi) is 4.38. The first kappa shape index (κ1) is 19.4. The SMILES string of the molecule is CN1CCN(c2ccc3[nH]c(C4=C(O)c5nc(CO)n(C)c5C(=O)C4=O)nc3n2)CC1. The average Bonchev–Trinajstić information content (AvgIpc) is 3.33. The Morgan fingerprint density at radius 3 is 2.48 bits per heavy atom. The standard InChI is InChI=1S/C20H21N7O4/c1-25-5-7-27(8-6-25)11-4-3-10-19(23-11)24-20(21-10)13-16(29)14-15(18(31)17(13)30)26(2)12(9-28)22-14/h3-4,28-29H,5-9H2,1-2H3,(H,21,23,24). The second kappa shape index (κ2) is 7.00. The molecule has 0 atom stereocenters. The molecule has 0 amide bonds. The zero-order chi connectivity index (χ0) is 21.9. The van der Waals surface area contributed by atoms with Gasteiger partial charge in [0, 0.05) is 33.2 Å². The fraction of sp³-hybridized carbons (Fsp3) is 0.350. The number of ketones is 2. The van der Waals surface area contributed by atoms with Crippen molar-refractivity contribution in [2.45, 2.75) is 6.61 Å². The van der Waals surface area contributed by atoms with Gasteiger partial charge in [0.25, 0.3) is 5.78 Å². The molecule has 4 heterocycles. The van der Waals surface area contributed by atoms with Gasteiger partial charge in [0.05, 0.1) is 5.52 Å². The van der Waals surface area contributed by atoms with Crippen molar-refractivity contribution in [1.29, 1.82) is 0 Å². The molecular formula is C20H21N7O4. The van der Waals surface area contributed by atoms with Crippen molar-refractivity contribution < 1.29 is 19.8 Å². The predicted molar refractivity (Wildman–Crippen MR) is 112 cm³/mol.